The molecule has 2 aromatic carbocycles. The van der Waals surface area contributed by atoms with Crippen LogP contribution in [0.1, 0.15) is 31.0 Å². The van der Waals surface area contributed by atoms with Crippen LogP contribution in [0, 0.1) is 6.92 Å². The van der Waals surface area contributed by atoms with Gasteiger partial charge in [-0.05, 0) is 62.2 Å². The van der Waals surface area contributed by atoms with Crippen molar-refractivity contribution < 1.29 is 19.0 Å². The van der Waals surface area contributed by atoms with Gasteiger partial charge in [0.1, 0.15) is 19.0 Å². The summed E-state index contributed by atoms with van der Waals surface area (Å²) in [4.78, 5) is 12.5. The van der Waals surface area contributed by atoms with E-state index in [9.17, 15) is 4.79 Å². The molecule has 26 heavy (non-hydrogen) atoms. The quantitative estimate of drug-likeness (QED) is 0.856. The first-order valence-corrected chi connectivity index (χ1v) is 8.94. The number of hydrogen-bond acceptors (Lipinski definition) is 4. The SMILES string of the molecule is Cc1cc(Cl)ccc1O[C@@H](C)C(=O)N[C@H](C)c1ccc2c(c1)OCCO2. The van der Waals surface area contributed by atoms with Gasteiger partial charge in [0.05, 0.1) is 6.04 Å². The predicted octanol–water partition coefficient (Wildman–Crippen LogP) is 4.06. The van der Waals surface area contributed by atoms with Crippen molar-refractivity contribution in [2.45, 2.75) is 32.9 Å². The van der Waals surface area contributed by atoms with E-state index in [0.717, 1.165) is 16.9 Å². The third-order valence-corrected chi connectivity index (χ3v) is 4.47. The summed E-state index contributed by atoms with van der Waals surface area (Å²) in [6.45, 7) is 6.62. The highest BCUT2D eigenvalue weighted by molar-refractivity contribution is 6.30. The molecular weight excluding hydrogens is 354 g/mol. The molecule has 1 aliphatic rings. The van der Waals surface area contributed by atoms with Crippen molar-refractivity contribution in [2.75, 3.05) is 13.2 Å². The van der Waals surface area contributed by atoms with Crippen LogP contribution in [0.5, 0.6) is 17.2 Å². The van der Waals surface area contributed by atoms with Crippen LogP contribution in [0.2, 0.25) is 5.02 Å². The third kappa shape index (κ3) is 4.22. The van der Waals surface area contributed by atoms with Gasteiger partial charge in [-0.2, -0.15) is 0 Å². The Kier molecular flexibility index (Phi) is 5.57. The fourth-order valence-electron chi connectivity index (χ4n) is 2.73. The summed E-state index contributed by atoms with van der Waals surface area (Å²) < 4.78 is 16.9. The Hall–Kier alpha value is -2.40. The fourth-order valence-corrected chi connectivity index (χ4v) is 2.96. The summed E-state index contributed by atoms with van der Waals surface area (Å²) in [5.41, 5.74) is 1.83. The van der Waals surface area contributed by atoms with E-state index in [0.29, 0.717) is 29.7 Å². The Morgan fingerprint density at radius 3 is 2.58 bits per heavy atom. The van der Waals surface area contributed by atoms with E-state index < -0.39 is 6.10 Å². The van der Waals surface area contributed by atoms with Gasteiger partial charge in [0.25, 0.3) is 5.91 Å². The van der Waals surface area contributed by atoms with Gasteiger partial charge in [-0.3, -0.25) is 4.79 Å². The second-order valence-electron chi connectivity index (χ2n) is 6.30. The molecule has 0 unspecified atom stereocenters. The van der Waals surface area contributed by atoms with Gasteiger partial charge in [-0.25, -0.2) is 0 Å². The Morgan fingerprint density at radius 1 is 1.12 bits per heavy atom. The number of fused-ring (bicyclic) bond motifs is 1. The minimum absolute atomic E-state index is 0.185. The molecule has 0 fully saturated rings. The number of halogens is 1. The zero-order chi connectivity index (χ0) is 18.7. The second kappa shape index (κ2) is 7.87. The van der Waals surface area contributed by atoms with E-state index in [1.807, 2.05) is 32.0 Å². The lowest BCUT2D eigenvalue weighted by Gasteiger charge is -2.22. The van der Waals surface area contributed by atoms with Crippen LogP contribution in [-0.2, 0) is 4.79 Å². The number of rotatable bonds is 5. The summed E-state index contributed by atoms with van der Waals surface area (Å²) in [6.07, 6.45) is -0.630. The van der Waals surface area contributed by atoms with E-state index in [1.54, 1.807) is 25.1 Å². The molecule has 0 spiro atoms. The molecule has 0 bridgehead atoms. The van der Waals surface area contributed by atoms with Crippen molar-refractivity contribution in [3.63, 3.8) is 0 Å². The summed E-state index contributed by atoms with van der Waals surface area (Å²) in [5, 5.41) is 3.61. The van der Waals surface area contributed by atoms with Gasteiger partial charge in [-0.1, -0.05) is 17.7 Å². The van der Waals surface area contributed by atoms with Crippen LogP contribution in [-0.4, -0.2) is 25.2 Å². The Balaban J connectivity index is 1.63. The van der Waals surface area contributed by atoms with Crippen LogP contribution in [0.3, 0.4) is 0 Å². The van der Waals surface area contributed by atoms with Gasteiger partial charge in [-0.15, -0.1) is 0 Å². The van der Waals surface area contributed by atoms with E-state index in [2.05, 4.69) is 5.32 Å². The lowest BCUT2D eigenvalue weighted by Crippen LogP contribution is -2.37. The number of carbonyl (C=O) groups excluding carboxylic acids is 1. The van der Waals surface area contributed by atoms with Crippen molar-refractivity contribution in [3.8, 4) is 17.2 Å². The van der Waals surface area contributed by atoms with Crippen molar-refractivity contribution in [2.24, 2.45) is 0 Å². The molecule has 0 aromatic heterocycles. The van der Waals surface area contributed by atoms with Crippen molar-refractivity contribution in [1.82, 2.24) is 5.32 Å². The van der Waals surface area contributed by atoms with E-state index in [4.69, 9.17) is 25.8 Å². The van der Waals surface area contributed by atoms with Crippen molar-refractivity contribution in [3.05, 3.63) is 52.5 Å². The molecule has 0 aliphatic carbocycles. The molecule has 0 saturated heterocycles. The fraction of sp³-hybridized carbons (Fsp3) is 0.350. The highest BCUT2D eigenvalue weighted by Gasteiger charge is 2.20. The van der Waals surface area contributed by atoms with Crippen LogP contribution >= 0.6 is 11.6 Å². The van der Waals surface area contributed by atoms with Gasteiger partial charge in [0.2, 0.25) is 0 Å². The first-order chi connectivity index (χ1) is 12.4. The summed E-state index contributed by atoms with van der Waals surface area (Å²) in [6, 6.07) is 10.8. The lowest BCUT2D eigenvalue weighted by molar-refractivity contribution is -0.127. The number of aryl methyl sites for hydroxylation is 1. The molecular formula is C20H22ClNO4. The van der Waals surface area contributed by atoms with Crippen molar-refractivity contribution in [1.29, 1.82) is 0 Å². The maximum Gasteiger partial charge on any atom is 0.261 e. The van der Waals surface area contributed by atoms with Crippen LogP contribution < -0.4 is 19.5 Å². The number of amides is 1. The summed E-state index contributed by atoms with van der Waals surface area (Å²) >= 11 is 5.95. The van der Waals surface area contributed by atoms with Crippen LogP contribution in [0.25, 0.3) is 0 Å². The first kappa shape index (κ1) is 18.4. The number of carbonyl (C=O) groups is 1. The standard InChI is InChI=1S/C20H22ClNO4/c1-12-10-16(21)5-7-17(12)26-14(3)20(23)22-13(2)15-4-6-18-19(11-15)25-9-8-24-18/h4-7,10-11,13-14H,8-9H2,1-3H3,(H,22,23)/t13-,14+/m1/s1. The molecule has 2 aromatic rings. The van der Waals surface area contributed by atoms with Gasteiger partial charge in [0, 0.05) is 5.02 Å². The zero-order valence-corrected chi connectivity index (χ0v) is 15.8. The minimum Gasteiger partial charge on any atom is -0.486 e. The maximum atomic E-state index is 12.5. The van der Waals surface area contributed by atoms with Gasteiger partial charge < -0.3 is 19.5 Å². The van der Waals surface area contributed by atoms with Crippen molar-refractivity contribution >= 4 is 17.5 Å². The molecule has 3 rings (SSSR count). The molecule has 6 heteroatoms. The molecule has 1 N–H and O–H groups in total. The smallest absolute Gasteiger partial charge is 0.261 e. The largest absolute Gasteiger partial charge is 0.486 e. The molecule has 138 valence electrons. The summed E-state index contributed by atoms with van der Waals surface area (Å²) in [7, 11) is 0. The predicted molar refractivity (Wildman–Crippen MR) is 100 cm³/mol. The number of hydrogen-bond donors (Lipinski definition) is 1. The van der Waals surface area contributed by atoms with E-state index in [1.165, 1.54) is 0 Å². The molecule has 2 atom stereocenters. The number of benzene rings is 2. The molecule has 1 aliphatic heterocycles. The van der Waals surface area contributed by atoms with E-state index >= 15 is 0 Å². The van der Waals surface area contributed by atoms with E-state index in [-0.39, 0.29) is 11.9 Å². The molecule has 0 radical (unpaired) electrons. The Labute approximate surface area is 158 Å². The highest BCUT2D eigenvalue weighted by atomic mass is 35.5. The second-order valence-corrected chi connectivity index (χ2v) is 6.74. The Morgan fingerprint density at radius 2 is 1.85 bits per heavy atom. The molecule has 1 amide bonds. The Bertz CT molecular complexity index is 808. The monoisotopic (exact) mass is 375 g/mol. The maximum absolute atomic E-state index is 12.5. The first-order valence-electron chi connectivity index (χ1n) is 8.57. The number of nitrogens with one attached hydrogen (secondary N) is 1. The lowest BCUT2D eigenvalue weighted by atomic mass is 10.1. The zero-order valence-electron chi connectivity index (χ0n) is 15.0. The molecule has 0 saturated carbocycles. The third-order valence-electron chi connectivity index (χ3n) is 4.23. The average molecular weight is 376 g/mol. The van der Waals surface area contributed by atoms with Crippen LogP contribution in [0.15, 0.2) is 36.4 Å². The normalized spacial score (nSPS) is 15.1. The number of ether oxygens (including phenoxy) is 3. The average Bonchev–Trinajstić information content (AvgIpc) is 2.63. The van der Waals surface area contributed by atoms with Gasteiger partial charge in [0.15, 0.2) is 17.6 Å². The van der Waals surface area contributed by atoms with Crippen LogP contribution in [0.4, 0.5) is 0 Å². The topological polar surface area (TPSA) is 56.8 Å². The molecule has 1 heterocycles. The summed E-state index contributed by atoms with van der Waals surface area (Å²) in [5.74, 6) is 1.88. The minimum atomic E-state index is -0.630. The van der Waals surface area contributed by atoms with Gasteiger partial charge >= 0.3 is 0 Å². The molecule has 5 nitrogen and oxygen atoms in total. The highest BCUT2D eigenvalue weighted by Crippen LogP contribution is 2.32.